The number of hydrogen-bond donors (Lipinski definition) is 2. The molecule has 1 heterocycles. The second kappa shape index (κ2) is 9.91. The first kappa shape index (κ1) is 20.7. The van der Waals surface area contributed by atoms with E-state index in [0.717, 1.165) is 11.5 Å². The lowest BCUT2D eigenvalue weighted by atomic mass is 10.2. The molecule has 0 saturated heterocycles. The first-order chi connectivity index (χ1) is 12.9. The normalized spacial score (nSPS) is 11.4. The molecule has 1 aromatic carbocycles. The first-order valence-corrected chi connectivity index (χ1v) is 8.58. The lowest BCUT2D eigenvalue weighted by Gasteiger charge is -2.16. The average Bonchev–Trinajstić information content (AvgIpc) is 2.63. The molecule has 2 rings (SSSR count). The Hall–Kier alpha value is -2.61. The van der Waals surface area contributed by atoms with Gasteiger partial charge in [0.25, 0.3) is 0 Å². The van der Waals surface area contributed by atoms with Crippen LogP contribution in [0.5, 0.6) is 5.75 Å². The van der Waals surface area contributed by atoms with Gasteiger partial charge in [0.15, 0.2) is 5.96 Å². The SMILES string of the molecule is CN=C(NCc1cccc(N(C)C)n1)NCc1cc(Cl)ccc1OC(F)F. The summed E-state index contributed by atoms with van der Waals surface area (Å²) in [6.45, 7) is -2.23. The summed E-state index contributed by atoms with van der Waals surface area (Å²) in [5.74, 6) is 1.41. The van der Waals surface area contributed by atoms with Crippen LogP contribution in [0.25, 0.3) is 0 Å². The van der Waals surface area contributed by atoms with Gasteiger partial charge in [-0.05, 0) is 30.3 Å². The standard InChI is InChI=1S/C18H22ClF2N5O/c1-22-18(24-11-14-5-4-6-16(25-14)26(2)3)23-10-12-9-13(19)7-8-15(12)27-17(20)21/h4-9,17H,10-11H2,1-3H3,(H2,22,23,24). The van der Waals surface area contributed by atoms with E-state index < -0.39 is 6.61 Å². The van der Waals surface area contributed by atoms with Gasteiger partial charge in [0.05, 0.1) is 12.2 Å². The van der Waals surface area contributed by atoms with Gasteiger partial charge in [0.2, 0.25) is 0 Å². The number of halogens is 3. The molecule has 0 unspecified atom stereocenters. The highest BCUT2D eigenvalue weighted by Gasteiger charge is 2.11. The smallest absolute Gasteiger partial charge is 0.387 e. The highest BCUT2D eigenvalue weighted by Crippen LogP contribution is 2.24. The Morgan fingerprint density at radius 1 is 1.22 bits per heavy atom. The van der Waals surface area contributed by atoms with Crippen LogP contribution in [0.1, 0.15) is 11.3 Å². The molecule has 0 bridgehead atoms. The number of aromatic nitrogens is 1. The van der Waals surface area contributed by atoms with Gasteiger partial charge >= 0.3 is 6.61 Å². The molecule has 2 aromatic rings. The van der Waals surface area contributed by atoms with E-state index in [1.54, 1.807) is 13.1 Å². The second-order valence-electron chi connectivity index (χ2n) is 5.79. The number of benzene rings is 1. The number of pyridine rings is 1. The molecule has 0 radical (unpaired) electrons. The molecule has 1 aromatic heterocycles. The molecule has 146 valence electrons. The molecule has 0 spiro atoms. The predicted molar refractivity (Wildman–Crippen MR) is 104 cm³/mol. The molecule has 0 aliphatic carbocycles. The topological polar surface area (TPSA) is 61.8 Å². The fourth-order valence-electron chi connectivity index (χ4n) is 2.29. The third kappa shape index (κ3) is 6.56. The average molecular weight is 398 g/mol. The number of aliphatic imine (C=N–C) groups is 1. The van der Waals surface area contributed by atoms with Crippen molar-refractivity contribution in [3.05, 3.63) is 52.7 Å². The largest absolute Gasteiger partial charge is 0.434 e. The maximum atomic E-state index is 12.5. The van der Waals surface area contributed by atoms with E-state index in [-0.39, 0.29) is 12.3 Å². The minimum Gasteiger partial charge on any atom is -0.434 e. The quantitative estimate of drug-likeness (QED) is 0.554. The lowest BCUT2D eigenvalue weighted by Crippen LogP contribution is -2.36. The number of anilines is 1. The van der Waals surface area contributed by atoms with Crippen molar-refractivity contribution in [1.29, 1.82) is 0 Å². The van der Waals surface area contributed by atoms with E-state index in [1.165, 1.54) is 12.1 Å². The van der Waals surface area contributed by atoms with Crippen LogP contribution in [0, 0.1) is 0 Å². The zero-order valence-corrected chi connectivity index (χ0v) is 16.1. The summed E-state index contributed by atoms with van der Waals surface area (Å²) in [6.07, 6.45) is 0. The number of ether oxygens (including phenoxy) is 1. The second-order valence-corrected chi connectivity index (χ2v) is 6.23. The van der Waals surface area contributed by atoms with Crippen LogP contribution >= 0.6 is 11.6 Å². The minimum atomic E-state index is -2.91. The zero-order valence-electron chi connectivity index (χ0n) is 15.3. The summed E-state index contributed by atoms with van der Waals surface area (Å²) in [6, 6.07) is 10.2. The highest BCUT2D eigenvalue weighted by atomic mass is 35.5. The first-order valence-electron chi connectivity index (χ1n) is 8.20. The minimum absolute atomic E-state index is 0.0673. The molecule has 0 aliphatic heterocycles. The van der Waals surface area contributed by atoms with E-state index in [4.69, 9.17) is 11.6 Å². The van der Waals surface area contributed by atoms with Gasteiger partial charge in [-0.1, -0.05) is 17.7 Å². The van der Waals surface area contributed by atoms with Crippen molar-refractivity contribution in [3.63, 3.8) is 0 Å². The maximum absolute atomic E-state index is 12.5. The van der Waals surface area contributed by atoms with Crippen LogP contribution in [0.3, 0.4) is 0 Å². The van der Waals surface area contributed by atoms with Gasteiger partial charge in [-0.2, -0.15) is 8.78 Å². The number of rotatable bonds is 7. The Kier molecular flexibility index (Phi) is 7.60. The monoisotopic (exact) mass is 397 g/mol. The van der Waals surface area contributed by atoms with E-state index in [1.807, 2.05) is 37.2 Å². The van der Waals surface area contributed by atoms with E-state index in [9.17, 15) is 8.78 Å². The summed E-state index contributed by atoms with van der Waals surface area (Å²) in [5, 5.41) is 6.62. The van der Waals surface area contributed by atoms with Crippen molar-refractivity contribution in [2.24, 2.45) is 4.99 Å². The number of nitrogens with zero attached hydrogens (tertiary/aromatic N) is 3. The van der Waals surface area contributed by atoms with E-state index >= 15 is 0 Å². The predicted octanol–water partition coefficient (Wildman–Crippen LogP) is 3.27. The van der Waals surface area contributed by atoms with Crippen LogP contribution < -0.4 is 20.3 Å². The van der Waals surface area contributed by atoms with Gasteiger partial charge < -0.3 is 20.3 Å². The van der Waals surface area contributed by atoms with Crippen LogP contribution in [-0.4, -0.2) is 38.7 Å². The molecular formula is C18H22ClF2N5O. The molecule has 0 saturated carbocycles. The van der Waals surface area contributed by atoms with Crippen LogP contribution in [0.4, 0.5) is 14.6 Å². The molecule has 0 fully saturated rings. The summed E-state index contributed by atoms with van der Waals surface area (Å²) < 4.78 is 29.6. The number of guanidine groups is 1. The van der Waals surface area contributed by atoms with Crippen molar-refractivity contribution >= 4 is 23.4 Å². The lowest BCUT2D eigenvalue weighted by molar-refractivity contribution is -0.0504. The summed E-state index contributed by atoms with van der Waals surface area (Å²) in [4.78, 5) is 10.6. The van der Waals surface area contributed by atoms with Gasteiger partial charge in [-0.25, -0.2) is 4.98 Å². The number of nitrogens with one attached hydrogen (secondary N) is 2. The molecule has 0 atom stereocenters. The van der Waals surface area contributed by atoms with E-state index in [2.05, 4.69) is 25.3 Å². The number of alkyl halides is 2. The molecule has 6 nitrogen and oxygen atoms in total. The molecule has 27 heavy (non-hydrogen) atoms. The van der Waals surface area contributed by atoms with Crippen molar-refractivity contribution in [1.82, 2.24) is 15.6 Å². The Morgan fingerprint density at radius 2 is 1.96 bits per heavy atom. The summed E-state index contributed by atoms with van der Waals surface area (Å²) in [7, 11) is 5.46. The third-order valence-corrected chi connectivity index (χ3v) is 3.83. The summed E-state index contributed by atoms with van der Waals surface area (Å²) in [5.41, 5.74) is 1.34. The Morgan fingerprint density at radius 3 is 2.63 bits per heavy atom. The molecule has 0 aliphatic rings. The maximum Gasteiger partial charge on any atom is 0.387 e. The Bertz CT molecular complexity index is 786. The zero-order chi connectivity index (χ0) is 19.8. The van der Waals surface area contributed by atoms with Gasteiger partial charge in [-0.15, -0.1) is 0 Å². The van der Waals surface area contributed by atoms with Crippen molar-refractivity contribution in [2.75, 3.05) is 26.0 Å². The van der Waals surface area contributed by atoms with Gasteiger partial charge in [0, 0.05) is 38.3 Å². The van der Waals surface area contributed by atoms with Gasteiger partial charge in [-0.3, -0.25) is 4.99 Å². The number of hydrogen-bond acceptors (Lipinski definition) is 4. The van der Waals surface area contributed by atoms with Gasteiger partial charge in [0.1, 0.15) is 11.6 Å². The van der Waals surface area contributed by atoms with E-state index in [0.29, 0.717) is 23.1 Å². The molecule has 2 N–H and O–H groups in total. The summed E-state index contributed by atoms with van der Waals surface area (Å²) >= 11 is 5.96. The Balaban J connectivity index is 1.98. The highest BCUT2D eigenvalue weighted by molar-refractivity contribution is 6.30. The van der Waals surface area contributed by atoms with Crippen molar-refractivity contribution in [3.8, 4) is 5.75 Å². The van der Waals surface area contributed by atoms with Crippen molar-refractivity contribution in [2.45, 2.75) is 19.7 Å². The molecule has 9 heteroatoms. The van der Waals surface area contributed by atoms with Crippen molar-refractivity contribution < 1.29 is 13.5 Å². The molecular weight excluding hydrogens is 376 g/mol. The fraction of sp³-hybridized carbons (Fsp3) is 0.333. The van der Waals surface area contributed by atoms with Crippen LogP contribution in [0.15, 0.2) is 41.4 Å². The van der Waals surface area contributed by atoms with Crippen LogP contribution in [-0.2, 0) is 13.1 Å². The third-order valence-electron chi connectivity index (χ3n) is 3.60. The fourth-order valence-corrected chi connectivity index (χ4v) is 2.48. The van der Waals surface area contributed by atoms with Crippen LogP contribution in [0.2, 0.25) is 5.02 Å². The Labute approximate surface area is 162 Å². The molecule has 0 amide bonds.